The molecule has 2 aromatic rings. The molecule has 0 radical (unpaired) electrons. The van der Waals surface area contributed by atoms with Crippen LogP contribution in [0, 0.1) is 0 Å². The molecule has 1 atom stereocenters. The minimum Gasteiger partial charge on any atom is -0.508 e. The SMILES string of the molecule is Oc1cccc(C2NC(=S)NC3=C2CCc2ccccc23)c1. The smallest absolute Gasteiger partial charge is 0.171 e. The van der Waals surface area contributed by atoms with Crippen molar-refractivity contribution in [3.63, 3.8) is 0 Å². The van der Waals surface area contributed by atoms with Crippen LogP contribution < -0.4 is 10.6 Å². The van der Waals surface area contributed by atoms with E-state index in [1.54, 1.807) is 12.1 Å². The molecule has 22 heavy (non-hydrogen) atoms. The molecular weight excluding hydrogens is 292 g/mol. The second kappa shape index (κ2) is 5.14. The maximum absolute atomic E-state index is 9.77. The van der Waals surface area contributed by atoms with Gasteiger partial charge in [0.25, 0.3) is 0 Å². The van der Waals surface area contributed by atoms with Gasteiger partial charge in [0.2, 0.25) is 0 Å². The molecular formula is C18H16N2OS. The summed E-state index contributed by atoms with van der Waals surface area (Å²) >= 11 is 5.39. The van der Waals surface area contributed by atoms with Crippen molar-refractivity contribution in [3.8, 4) is 5.75 Å². The maximum atomic E-state index is 9.77. The number of hydrogen-bond donors (Lipinski definition) is 3. The van der Waals surface area contributed by atoms with Crippen LogP contribution in [0.1, 0.15) is 29.2 Å². The summed E-state index contributed by atoms with van der Waals surface area (Å²) in [5.74, 6) is 0.280. The molecule has 110 valence electrons. The summed E-state index contributed by atoms with van der Waals surface area (Å²) in [4.78, 5) is 0. The maximum Gasteiger partial charge on any atom is 0.171 e. The highest BCUT2D eigenvalue weighted by Crippen LogP contribution is 2.39. The van der Waals surface area contributed by atoms with Gasteiger partial charge in [0.1, 0.15) is 5.75 Å². The number of thiocarbonyl (C=S) groups is 1. The summed E-state index contributed by atoms with van der Waals surface area (Å²) in [6, 6.07) is 15.9. The lowest BCUT2D eigenvalue weighted by atomic mass is 9.83. The molecule has 0 fully saturated rings. The highest BCUT2D eigenvalue weighted by Gasteiger charge is 2.30. The quantitative estimate of drug-likeness (QED) is 0.708. The van der Waals surface area contributed by atoms with E-state index < -0.39 is 0 Å². The fraction of sp³-hybridized carbons (Fsp3) is 0.167. The summed E-state index contributed by atoms with van der Waals surface area (Å²) in [5, 5.41) is 17.1. The Hall–Kier alpha value is -2.33. The summed E-state index contributed by atoms with van der Waals surface area (Å²) in [6.45, 7) is 0. The number of aromatic hydroxyl groups is 1. The molecule has 4 heteroatoms. The van der Waals surface area contributed by atoms with Gasteiger partial charge in [-0.05, 0) is 53.9 Å². The van der Waals surface area contributed by atoms with Gasteiger partial charge < -0.3 is 15.7 Å². The third-order valence-corrected chi connectivity index (χ3v) is 4.56. The molecule has 0 saturated carbocycles. The number of hydrogen-bond acceptors (Lipinski definition) is 2. The van der Waals surface area contributed by atoms with E-state index in [0.717, 1.165) is 24.1 Å². The van der Waals surface area contributed by atoms with Gasteiger partial charge in [-0.25, -0.2) is 0 Å². The van der Waals surface area contributed by atoms with E-state index in [-0.39, 0.29) is 11.8 Å². The first kappa shape index (κ1) is 13.3. The van der Waals surface area contributed by atoms with Gasteiger partial charge in [-0.1, -0.05) is 36.4 Å². The average molecular weight is 308 g/mol. The van der Waals surface area contributed by atoms with Crippen LogP contribution in [0.25, 0.3) is 5.70 Å². The predicted molar refractivity (Wildman–Crippen MR) is 91.4 cm³/mol. The van der Waals surface area contributed by atoms with Gasteiger partial charge in [0, 0.05) is 11.3 Å². The Bertz CT molecular complexity index is 797. The highest BCUT2D eigenvalue weighted by molar-refractivity contribution is 7.80. The normalized spacial score (nSPS) is 19.8. The van der Waals surface area contributed by atoms with E-state index in [0.29, 0.717) is 5.11 Å². The molecule has 0 amide bonds. The number of nitrogens with one attached hydrogen (secondary N) is 2. The number of benzene rings is 2. The van der Waals surface area contributed by atoms with Gasteiger partial charge >= 0.3 is 0 Å². The van der Waals surface area contributed by atoms with E-state index in [2.05, 4.69) is 34.9 Å². The van der Waals surface area contributed by atoms with E-state index in [4.69, 9.17) is 12.2 Å². The largest absolute Gasteiger partial charge is 0.508 e. The Morgan fingerprint density at radius 2 is 1.91 bits per heavy atom. The topological polar surface area (TPSA) is 44.3 Å². The summed E-state index contributed by atoms with van der Waals surface area (Å²) < 4.78 is 0. The van der Waals surface area contributed by atoms with E-state index in [1.165, 1.54) is 16.7 Å². The Morgan fingerprint density at radius 3 is 2.77 bits per heavy atom. The number of phenols is 1. The van der Waals surface area contributed by atoms with Gasteiger partial charge in [-0.3, -0.25) is 0 Å². The van der Waals surface area contributed by atoms with Crippen LogP contribution in [-0.2, 0) is 6.42 Å². The summed E-state index contributed by atoms with van der Waals surface area (Å²) in [7, 11) is 0. The lowest BCUT2D eigenvalue weighted by Crippen LogP contribution is -2.44. The van der Waals surface area contributed by atoms with Gasteiger partial charge in [0.05, 0.1) is 6.04 Å². The molecule has 2 aliphatic rings. The molecule has 4 rings (SSSR count). The van der Waals surface area contributed by atoms with Crippen LogP contribution in [-0.4, -0.2) is 10.2 Å². The van der Waals surface area contributed by atoms with Crippen LogP contribution in [0.2, 0.25) is 0 Å². The van der Waals surface area contributed by atoms with Crippen molar-refractivity contribution in [3.05, 3.63) is 70.8 Å². The van der Waals surface area contributed by atoms with Crippen LogP contribution in [0.15, 0.2) is 54.1 Å². The molecule has 0 aromatic heterocycles. The average Bonchev–Trinajstić information content (AvgIpc) is 2.54. The van der Waals surface area contributed by atoms with Gasteiger partial charge in [-0.15, -0.1) is 0 Å². The molecule has 1 heterocycles. The lowest BCUT2D eigenvalue weighted by Gasteiger charge is -2.35. The van der Waals surface area contributed by atoms with Crippen molar-refractivity contribution >= 4 is 23.0 Å². The Morgan fingerprint density at radius 1 is 1.05 bits per heavy atom. The second-order valence-electron chi connectivity index (χ2n) is 5.68. The van der Waals surface area contributed by atoms with Gasteiger partial charge in [0.15, 0.2) is 5.11 Å². The fourth-order valence-corrected chi connectivity index (χ4v) is 3.56. The molecule has 3 N–H and O–H groups in total. The molecule has 1 aliphatic carbocycles. The van der Waals surface area contributed by atoms with E-state index >= 15 is 0 Å². The number of fused-ring (bicyclic) bond motifs is 2. The Balaban J connectivity index is 1.86. The van der Waals surface area contributed by atoms with Crippen LogP contribution >= 0.6 is 12.2 Å². The molecule has 1 unspecified atom stereocenters. The number of rotatable bonds is 1. The van der Waals surface area contributed by atoms with Crippen molar-refractivity contribution in [1.82, 2.24) is 10.6 Å². The zero-order valence-electron chi connectivity index (χ0n) is 12.0. The van der Waals surface area contributed by atoms with Gasteiger partial charge in [-0.2, -0.15) is 0 Å². The monoisotopic (exact) mass is 308 g/mol. The first-order chi connectivity index (χ1) is 10.7. The zero-order valence-corrected chi connectivity index (χ0v) is 12.8. The van der Waals surface area contributed by atoms with Crippen molar-refractivity contribution < 1.29 is 5.11 Å². The number of aryl methyl sites for hydroxylation is 1. The van der Waals surface area contributed by atoms with Crippen molar-refractivity contribution in [2.24, 2.45) is 0 Å². The fourth-order valence-electron chi connectivity index (χ4n) is 3.34. The summed E-state index contributed by atoms with van der Waals surface area (Å²) in [5.41, 5.74) is 6.05. The van der Waals surface area contributed by atoms with Crippen molar-refractivity contribution in [2.45, 2.75) is 18.9 Å². The van der Waals surface area contributed by atoms with E-state index in [9.17, 15) is 5.11 Å². The lowest BCUT2D eigenvalue weighted by molar-refractivity contribution is 0.473. The predicted octanol–water partition coefficient (Wildman–Crippen LogP) is 3.27. The molecule has 0 saturated heterocycles. The van der Waals surface area contributed by atoms with Crippen LogP contribution in [0.4, 0.5) is 0 Å². The van der Waals surface area contributed by atoms with Crippen molar-refractivity contribution in [2.75, 3.05) is 0 Å². The second-order valence-corrected chi connectivity index (χ2v) is 6.09. The minimum absolute atomic E-state index is 0.0178. The van der Waals surface area contributed by atoms with Crippen LogP contribution in [0.5, 0.6) is 5.75 Å². The summed E-state index contributed by atoms with van der Waals surface area (Å²) in [6.07, 6.45) is 2.01. The molecule has 0 bridgehead atoms. The minimum atomic E-state index is 0.0178. The molecule has 2 aromatic carbocycles. The molecule has 0 spiro atoms. The third-order valence-electron chi connectivity index (χ3n) is 4.34. The van der Waals surface area contributed by atoms with Crippen LogP contribution in [0.3, 0.4) is 0 Å². The Kier molecular flexibility index (Phi) is 3.12. The third kappa shape index (κ3) is 2.16. The van der Waals surface area contributed by atoms with E-state index in [1.807, 2.05) is 12.1 Å². The first-order valence-electron chi connectivity index (χ1n) is 7.40. The Labute approximate surface area is 134 Å². The first-order valence-corrected chi connectivity index (χ1v) is 7.81. The molecule has 3 nitrogen and oxygen atoms in total. The standard InChI is InChI=1S/C18H16N2OS/c21-13-6-3-5-12(10-13)16-15-9-8-11-4-1-2-7-14(11)17(15)20-18(22)19-16/h1-7,10,16,21H,8-9H2,(H2,19,20,22). The number of phenolic OH excluding ortho intramolecular Hbond substituents is 1. The zero-order chi connectivity index (χ0) is 15.1. The molecule has 1 aliphatic heterocycles. The van der Waals surface area contributed by atoms with Crippen molar-refractivity contribution in [1.29, 1.82) is 0 Å². The highest BCUT2D eigenvalue weighted by atomic mass is 32.1.